The van der Waals surface area contributed by atoms with Gasteiger partial charge in [0.15, 0.2) is 0 Å². The summed E-state index contributed by atoms with van der Waals surface area (Å²) >= 11 is 6.10. The summed E-state index contributed by atoms with van der Waals surface area (Å²) in [5, 5.41) is 10.5. The summed E-state index contributed by atoms with van der Waals surface area (Å²) in [5.74, 6) is -9.37. The molecule has 10 atom stereocenters. The predicted octanol–water partition coefficient (Wildman–Crippen LogP) is 5.54. The summed E-state index contributed by atoms with van der Waals surface area (Å²) in [6.07, 6.45) is 3.06. The highest BCUT2D eigenvalue weighted by Gasteiger charge is 2.50. The van der Waals surface area contributed by atoms with Crippen LogP contribution in [0.4, 0.5) is 13.2 Å². The number of benzene rings is 1. The van der Waals surface area contributed by atoms with E-state index in [1.54, 1.807) is 25.7 Å². The van der Waals surface area contributed by atoms with Crippen molar-refractivity contribution in [2.45, 2.75) is 243 Å². The fraction of sp³-hybridized carbons (Fsp3) is 0.743. The first-order valence-electron chi connectivity index (χ1n) is 35.2. The molecule has 28 heteroatoms. The maximum atomic E-state index is 15.3. The monoisotopic (exact) mass is 1400 g/mol. The Morgan fingerprint density at radius 3 is 1.85 bits per heavy atom. The molecule has 548 valence electrons. The number of likely N-dealkylation sites (tertiary alicyclic amines) is 1. The smallest absolute Gasteiger partial charge is 0.343 e. The number of halogens is 4. The van der Waals surface area contributed by atoms with Crippen molar-refractivity contribution in [1.82, 2.24) is 60.5 Å². The molecule has 1 aromatic carbocycles. The molecule has 0 bridgehead atoms. The van der Waals surface area contributed by atoms with Crippen LogP contribution in [0.15, 0.2) is 18.2 Å². The van der Waals surface area contributed by atoms with Gasteiger partial charge >= 0.3 is 6.18 Å². The Labute approximate surface area is 581 Å². The van der Waals surface area contributed by atoms with Gasteiger partial charge in [0, 0.05) is 61.9 Å². The van der Waals surface area contributed by atoms with Crippen LogP contribution in [-0.2, 0) is 70.1 Å². The Bertz CT molecular complexity index is 3060. The lowest BCUT2D eigenvalue weighted by atomic mass is 9.84. The normalized spacial score (nSPS) is 27.5. The minimum absolute atomic E-state index is 0.0179. The summed E-state index contributed by atoms with van der Waals surface area (Å²) in [6.45, 7) is 13.9. The van der Waals surface area contributed by atoms with E-state index in [9.17, 15) is 61.1 Å². The highest BCUT2D eigenvalue weighted by atomic mass is 35.5. The van der Waals surface area contributed by atoms with Crippen molar-refractivity contribution in [3.63, 3.8) is 0 Å². The Morgan fingerprint density at radius 1 is 0.663 bits per heavy atom. The van der Waals surface area contributed by atoms with Crippen LogP contribution in [-0.4, -0.2) is 238 Å². The molecule has 24 nitrogen and oxygen atoms in total. The van der Waals surface area contributed by atoms with E-state index in [0.29, 0.717) is 45.2 Å². The van der Waals surface area contributed by atoms with Gasteiger partial charge in [0.05, 0.1) is 23.6 Å². The predicted molar refractivity (Wildman–Crippen MR) is 362 cm³/mol. The Kier molecular flexibility index (Phi) is 28.4. The van der Waals surface area contributed by atoms with Crippen LogP contribution in [0, 0.1) is 23.7 Å². The third-order valence-corrected chi connectivity index (χ3v) is 21.4. The molecule has 98 heavy (non-hydrogen) atoms. The van der Waals surface area contributed by atoms with Crippen LogP contribution in [0.3, 0.4) is 0 Å². The molecule has 0 unspecified atom stereocenters. The summed E-state index contributed by atoms with van der Waals surface area (Å²) in [4.78, 5) is 188. The maximum Gasteiger partial charge on any atom is 0.417 e. The largest absolute Gasteiger partial charge is 0.417 e. The van der Waals surface area contributed by atoms with E-state index in [0.717, 1.165) is 55.6 Å². The second-order valence-electron chi connectivity index (χ2n) is 29.0. The van der Waals surface area contributed by atoms with Gasteiger partial charge in [0.2, 0.25) is 70.9 Å². The molecular formula is C70H108ClF3N12O12. The molecule has 6 rings (SSSR count). The quantitative estimate of drug-likeness (QED) is 0.213. The SMILES string of the molecule is CC[C@H](C)[C@@H]1NC(=O)[C@H](CC(C)C)N(C)C(=O)C[C@@H](C(=O)N2CCCCC2)N(C)C(=O)[C@H](C(C)C)N(C)C(=O)C2(CCCC2)NC(=O)[C@@H](C)NC(=O)[C@H](CCc2ccc(C(F)(F)F)c(Cl)c2)NC(=O)CN(C)C(=O)[C@H](CC2CCCCC2)N(C)C(=O)[C@@H]2CCN2C(=O)[C@H](C)N(C)C1=O. The van der Waals surface area contributed by atoms with E-state index in [4.69, 9.17) is 11.6 Å². The summed E-state index contributed by atoms with van der Waals surface area (Å²) in [5.41, 5.74) is -2.42. The molecule has 3 heterocycles. The number of carbonyl (C=O) groups excluding carboxylic acids is 12. The standard InChI is InChI=1S/C70H108ClF3N12O12/c1-15-43(6)57-66(96)80(10)45(8)62(92)86-35-30-51(86)64(94)82(12)53(38-46-24-18-16-19-25-46)63(93)79(9)40-55(87)76-50(29-27-47-26-28-48(49(71)37-47)70(72,73)74)60(90)75-44(7)59(89)78-69(31-20-21-32-69)68(98)84(14)58(42(4)5)67(97)83(13)54(65(95)85-33-22-17-23-34-85)39-56(88)81(11)52(36-41(2)3)61(91)77-57/h26,28,37,41-46,50-54,57-58H,15-25,27,29-36,38-40H2,1-14H3,(H,75,90)(H,76,87)(H,77,91)(H,78,89)/t43-,44+,45-,50-,51-,52-,53-,54-,57-,58-/m0/s1. The van der Waals surface area contributed by atoms with Crippen LogP contribution in [0.25, 0.3) is 0 Å². The van der Waals surface area contributed by atoms with E-state index in [1.165, 1.54) is 91.6 Å². The topological polar surface area (TPSA) is 279 Å². The molecule has 4 N–H and O–H groups in total. The Hall–Kier alpha value is -7.06. The van der Waals surface area contributed by atoms with Gasteiger partial charge in [-0.25, -0.2) is 0 Å². The zero-order valence-corrected chi connectivity index (χ0v) is 60.7. The highest BCUT2D eigenvalue weighted by Crippen LogP contribution is 2.37. The molecule has 5 fully saturated rings. The van der Waals surface area contributed by atoms with Crippen molar-refractivity contribution in [3.05, 3.63) is 34.3 Å². The second kappa shape index (κ2) is 34.8. The number of nitrogens with one attached hydrogen (secondary N) is 4. The molecule has 1 spiro atoms. The number of aryl methyl sites for hydroxylation is 1. The fourth-order valence-electron chi connectivity index (χ4n) is 14.4. The van der Waals surface area contributed by atoms with Gasteiger partial charge in [-0.15, -0.1) is 0 Å². The number of carbonyl (C=O) groups is 12. The second-order valence-corrected chi connectivity index (χ2v) is 29.4. The van der Waals surface area contributed by atoms with E-state index in [1.807, 2.05) is 20.8 Å². The summed E-state index contributed by atoms with van der Waals surface area (Å²) in [6, 6.07) is -8.23. The molecule has 0 aromatic heterocycles. The number of rotatable bonds is 11. The molecule has 12 amide bonds. The number of hydrogen-bond donors (Lipinski definition) is 4. The van der Waals surface area contributed by atoms with Crippen molar-refractivity contribution >= 4 is 82.5 Å². The van der Waals surface area contributed by atoms with Crippen molar-refractivity contribution in [1.29, 1.82) is 0 Å². The van der Waals surface area contributed by atoms with Crippen LogP contribution >= 0.6 is 11.6 Å². The van der Waals surface area contributed by atoms with Crippen molar-refractivity contribution in [3.8, 4) is 0 Å². The van der Waals surface area contributed by atoms with E-state index in [-0.39, 0.29) is 68.9 Å². The lowest BCUT2D eigenvalue weighted by Gasteiger charge is -2.45. The third kappa shape index (κ3) is 19.5. The number of alkyl halides is 3. The highest BCUT2D eigenvalue weighted by molar-refractivity contribution is 6.31. The summed E-state index contributed by atoms with van der Waals surface area (Å²) in [7, 11) is 8.51. The lowest BCUT2D eigenvalue weighted by molar-refractivity contribution is -0.160. The molecule has 5 aliphatic rings. The van der Waals surface area contributed by atoms with Gasteiger partial charge in [0.1, 0.15) is 59.9 Å². The number of amides is 12. The van der Waals surface area contributed by atoms with Crippen molar-refractivity contribution < 1.29 is 70.7 Å². The molecule has 3 aliphatic heterocycles. The molecule has 2 saturated carbocycles. The lowest BCUT2D eigenvalue weighted by Crippen LogP contribution is -2.65. The zero-order chi connectivity index (χ0) is 73.0. The average Bonchev–Trinajstić information content (AvgIpc) is 0.843. The van der Waals surface area contributed by atoms with E-state index >= 15 is 9.59 Å². The van der Waals surface area contributed by atoms with Gasteiger partial charge < -0.3 is 60.5 Å². The first kappa shape index (κ1) is 79.9. The number of likely N-dealkylation sites (N-methyl/N-ethyl adjacent to an activating group) is 6. The van der Waals surface area contributed by atoms with Crippen LogP contribution in [0.2, 0.25) is 5.02 Å². The van der Waals surface area contributed by atoms with Crippen LogP contribution in [0.5, 0.6) is 0 Å². The molecular weight excluding hydrogens is 1290 g/mol. The van der Waals surface area contributed by atoms with Gasteiger partial charge in [-0.05, 0) is 119 Å². The molecule has 0 radical (unpaired) electrons. The Morgan fingerprint density at radius 2 is 1.29 bits per heavy atom. The van der Waals surface area contributed by atoms with Gasteiger partial charge in [0.25, 0.3) is 0 Å². The third-order valence-electron chi connectivity index (χ3n) is 21.1. The Balaban J connectivity index is 1.41. The number of fused-ring (bicyclic) bond motifs is 1. The van der Waals surface area contributed by atoms with E-state index in [2.05, 4.69) is 21.3 Å². The van der Waals surface area contributed by atoms with Crippen molar-refractivity contribution in [2.24, 2.45) is 23.7 Å². The minimum atomic E-state index is -4.76. The first-order valence-corrected chi connectivity index (χ1v) is 35.6. The number of nitrogens with zero attached hydrogens (tertiary/aromatic N) is 8. The molecule has 3 saturated heterocycles. The van der Waals surface area contributed by atoms with Crippen LogP contribution < -0.4 is 21.3 Å². The number of hydrogen-bond acceptors (Lipinski definition) is 12. The minimum Gasteiger partial charge on any atom is -0.343 e. The van der Waals surface area contributed by atoms with Gasteiger partial charge in [-0.3, -0.25) is 57.5 Å². The maximum absolute atomic E-state index is 15.3. The van der Waals surface area contributed by atoms with E-state index < -0.39 is 172 Å². The van der Waals surface area contributed by atoms with Gasteiger partial charge in [-0.2, -0.15) is 13.2 Å². The molecule has 1 aromatic rings. The summed E-state index contributed by atoms with van der Waals surface area (Å²) < 4.78 is 41.3. The number of piperidine rings is 1. The van der Waals surface area contributed by atoms with Gasteiger partial charge in [-0.1, -0.05) is 111 Å². The average molecular weight is 1400 g/mol. The molecule has 2 aliphatic carbocycles. The van der Waals surface area contributed by atoms with Crippen molar-refractivity contribution in [2.75, 3.05) is 68.5 Å². The van der Waals surface area contributed by atoms with Crippen LogP contribution in [0.1, 0.15) is 182 Å². The first-order chi connectivity index (χ1) is 46.0. The zero-order valence-electron chi connectivity index (χ0n) is 60.0. The fourth-order valence-corrected chi connectivity index (χ4v) is 14.7.